The molecule has 118 valence electrons. The Bertz CT molecular complexity index is 460. The number of anilines is 1. The average molecular weight is 292 g/mol. The Labute approximate surface area is 128 Å². The van der Waals surface area contributed by atoms with Crippen LogP contribution in [0.2, 0.25) is 0 Å². The van der Waals surface area contributed by atoms with Gasteiger partial charge >= 0.3 is 0 Å². The monoisotopic (exact) mass is 292 g/mol. The minimum Gasteiger partial charge on any atom is -0.383 e. The molecule has 0 radical (unpaired) electrons. The van der Waals surface area contributed by atoms with E-state index in [9.17, 15) is 0 Å². The maximum atomic E-state index is 5.82. The van der Waals surface area contributed by atoms with Crippen LogP contribution in [0.4, 0.5) is 5.69 Å². The highest BCUT2D eigenvalue weighted by molar-refractivity contribution is 5.55. The average Bonchev–Trinajstić information content (AvgIpc) is 2.42. The van der Waals surface area contributed by atoms with E-state index < -0.39 is 0 Å². The normalized spacial score (nSPS) is 18.0. The number of morpholine rings is 1. The fraction of sp³-hybridized carbons (Fsp3) is 0.647. The molecule has 2 rings (SSSR count). The summed E-state index contributed by atoms with van der Waals surface area (Å²) >= 11 is 0. The molecule has 0 aromatic heterocycles. The highest BCUT2D eigenvalue weighted by atomic mass is 16.5. The predicted molar refractivity (Wildman–Crippen MR) is 87.0 cm³/mol. The van der Waals surface area contributed by atoms with Crippen LogP contribution >= 0.6 is 0 Å². The molecule has 1 aliphatic heterocycles. The second kappa shape index (κ2) is 7.25. The van der Waals surface area contributed by atoms with Crippen LogP contribution in [0.5, 0.6) is 0 Å². The largest absolute Gasteiger partial charge is 0.383 e. The van der Waals surface area contributed by atoms with Gasteiger partial charge in [0.25, 0.3) is 0 Å². The van der Waals surface area contributed by atoms with Gasteiger partial charge in [0.05, 0.1) is 18.8 Å². The summed E-state index contributed by atoms with van der Waals surface area (Å²) in [4.78, 5) is 2.44. The summed E-state index contributed by atoms with van der Waals surface area (Å²) in [6.07, 6.45) is 0. The van der Waals surface area contributed by atoms with Crippen LogP contribution in [0.1, 0.15) is 25.0 Å². The molecule has 1 aromatic rings. The summed E-state index contributed by atoms with van der Waals surface area (Å²) in [6, 6.07) is 6.71. The Balaban J connectivity index is 2.10. The Morgan fingerprint density at radius 2 is 2.19 bits per heavy atom. The van der Waals surface area contributed by atoms with E-state index in [4.69, 9.17) is 9.47 Å². The molecule has 0 aliphatic carbocycles. The van der Waals surface area contributed by atoms with Crippen LogP contribution in [0.15, 0.2) is 18.2 Å². The zero-order valence-corrected chi connectivity index (χ0v) is 13.7. The molecule has 0 unspecified atom stereocenters. The molecule has 21 heavy (non-hydrogen) atoms. The lowest BCUT2D eigenvalue weighted by molar-refractivity contribution is -0.0277. The van der Waals surface area contributed by atoms with Gasteiger partial charge in [-0.1, -0.05) is 17.7 Å². The summed E-state index contributed by atoms with van der Waals surface area (Å²) in [6.45, 7) is 11.6. The quantitative estimate of drug-likeness (QED) is 0.816. The molecule has 4 heteroatoms. The van der Waals surface area contributed by atoms with E-state index in [2.05, 4.69) is 49.2 Å². The van der Waals surface area contributed by atoms with Gasteiger partial charge in [-0.3, -0.25) is 0 Å². The van der Waals surface area contributed by atoms with Gasteiger partial charge in [0.15, 0.2) is 0 Å². The molecule has 0 spiro atoms. The molecule has 1 aliphatic rings. The maximum Gasteiger partial charge on any atom is 0.0801 e. The Kier molecular flexibility index (Phi) is 5.62. The standard InChI is InChI=1S/C17H28N2O2/c1-14-5-6-16(15(11-14)12-18-7-9-20-4)19-8-10-21-17(2,3)13-19/h5-6,11,18H,7-10,12-13H2,1-4H3. The molecule has 0 bridgehead atoms. The van der Waals surface area contributed by atoms with Crippen LogP contribution in [-0.2, 0) is 16.0 Å². The van der Waals surface area contributed by atoms with Gasteiger partial charge in [-0.25, -0.2) is 0 Å². The molecule has 0 saturated carbocycles. The second-order valence-electron chi connectivity index (χ2n) is 6.33. The number of nitrogens with one attached hydrogen (secondary N) is 1. The van der Waals surface area contributed by atoms with Gasteiger partial charge in [0, 0.05) is 39.0 Å². The van der Waals surface area contributed by atoms with E-state index >= 15 is 0 Å². The first-order valence-corrected chi connectivity index (χ1v) is 7.70. The third-order valence-electron chi connectivity index (χ3n) is 3.80. The van der Waals surface area contributed by atoms with Gasteiger partial charge < -0.3 is 19.7 Å². The Morgan fingerprint density at radius 1 is 1.38 bits per heavy atom. The van der Waals surface area contributed by atoms with Gasteiger partial charge in [0.2, 0.25) is 0 Å². The smallest absolute Gasteiger partial charge is 0.0801 e. The van der Waals surface area contributed by atoms with Crippen LogP contribution in [0, 0.1) is 6.92 Å². The highest BCUT2D eigenvalue weighted by Gasteiger charge is 2.28. The summed E-state index contributed by atoms with van der Waals surface area (Å²) < 4.78 is 10.9. The molecule has 1 N–H and O–H groups in total. The van der Waals surface area contributed by atoms with Gasteiger partial charge in [-0.2, -0.15) is 0 Å². The van der Waals surface area contributed by atoms with E-state index in [1.165, 1.54) is 16.8 Å². The molecular weight excluding hydrogens is 264 g/mol. The molecule has 1 fully saturated rings. The Morgan fingerprint density at radius 3 is 2.90 bits per heavy atom. The topological polar surface area (TPSA) is 33.7 Å². The SMILES string of the molecule is COCCNCc1cc(C)ccc1N1CCOC(C)(C)C1. The number of hydrogen-bond acceptors (Lipinski definition) is 4. The van der Waals surface area contributed by atoms with Crippen molar-refractivity contribution in [3.8, 4) is 0 Å². The lowest BCUT2D eigenvalue weighted by Gasteiger charge is -2.40. The fourth-order valence-electron chi connectivity index (χ4n) is 2.78. The van der Waals surface area contributed by atoms with Gasteiger partial charge in [-0.15, -0.1) is 0 Å². The van der Waals surface area contributed by atoms with Crippen molar-refractivity contribution >= 4 is 5.69 Å². The van der Waals surface area contributed by atoms with Gasteiger partial charge in [-0.05, 0) is 32.4 Å². The lowest BCUT2D eigenvalue weighted by Crippen LogP contribution is -2.48. The third kappa shape index (κ3) is 4.70. The van der Waals surface area contributed by atoms with E-state index in [0.29, 0.717) is 0 Å². The summed E-state index contributed by atoms with van der Waals surface area (Å²) in [5.41, 5.74) is 3.89. The first kappa shape index (κ1) is 16.3. The number of methoxy groups -OCH3 is 1. The van der Waals surface area contributed by atoms with Crippen molar-refractivity contribution in [3.05, 3.63) is 29.3 Å². The fourth-order valence-corrected chi connectivity index (χ4v) is 2.78. The number of benzene rings is 1. The van der Waals surface area contributed by atoms with Crippen LogP contribution in [0.25, 0.3) is 0 Å². The van der Waals surface area contributed by atoms with E-state index in [-0.39, 0.29) is 5.60 Å². The van der Waals surface area contributed by atoms with Crippen LogP contribution < -0.4 is 10.2 Å². The number of ether oxygens (including phenoxy) is 2. The summed E-state index contributed by atoms with van der Waals surface area (Å²) in [5, 5.41) is 3.45. The molecular formula is C17H28N2O2. The molecule has 1 aromatic carbocycles. The minimum atomic E-state index is -0.0795. The minimum absolute atomic E-state index is 0.0795. The zero-order valence-electron chi connectivity index (χ0n) is 13.7. The van der Waals surface area contributed by atoms with Crippen molar-refractivity contribution < 1.29 is 9.47 Å². The number of rotatable bonds is 6. The van der Waals surface area contributed by atoms with Crippen LogP contribution in [-0.4, -0.2) is 45.6 Å². The second-order valence-corrected chi connectivity index (χ2v) is 6.33. The van der Waals surface area contributed by atoms with Crippen molar-refractivity contribution in [1.29, 1.82) is 0 Å². The first-order valence-electron chi connectivity index (χ1n) is 7.70. The van der Waals surface area contributed by atoms with Crippen LogP contribution in [0.3, 0.4) is 0 Å². The number of nitrogens with zero attached hydrogens (tertiary/aromatic N) is 1. The zero-order chi connectivity index (χ0) is 15.3. The number of hydrogen-bond donors (Lipinski definition) is 1. The van der Waals surface area contributed by atoms with Crippen molar-refractivity contribution in [2.24, 2.45) is 0 Å². The van der Waals surface area contributed by atoms with Gasteiger partial charge in [0.1, 0.15) is 0 Å². The molecule has 0 amide bonds. The first-order chi connectivity index (χ1) is 10.0. The van der Waals surface area contributed by atoms with Crippen molar-refractivity contribution in [1.82, 2.24) is 5.32 Å². The van der Waals surface area contributed by atoms with E-state index in [1.54, 1.807) is 7.11 Å². The van der Waals surface area contributed by atoms with Crippen molar-refractivity contribution in [2.75, 3.05) is 44.9 Å². The molecule has 0 atom stereocenters. The molecule has 1 heterocycles. The van der Waals surface area contributed by atoms with Crippen molar-refractivity contribution in [2.45, 2.75) is 32.9 Å². The highest BCUT2D eigenvalue weighted by Crippen LogP contribution is 2.27. The summed E-state index contributed by atoms with van der Waals surface area (Å²) in [5.74, 6) is 0. The lowest BCUT2D eigenvalue weighted by atomic mass is 10.0. The number of aryl methyl sites for hydroxylation is 1. The molecule has 1 saturated heterocycles. The third-order valence-corrected chi connectivity index (χ3v) is 3.80. The van der Waals surface area contributed by atoms with E-state index in [0.717, 1.165) is 39.4 Å². The predicted octanol–water partition coefficient (Wildman–Crippen LogP) is 2.35. The Hall–Kier alpha value is -1.10. The molecule has 4 nitrogen and oxygen atoms in total. The maximum absolute atomic E-state index is 5.82. The summed E-state index contributed by atoms with van der Waals surface area (Å²) in [7, 11) is 1.73. The van der Waals surface area contributed by atoms with E-state index in [1.807, 2.05) is 0 Å². The van der Waals surface area contributed by atoms with Crippen molar-refractivity contribution in [3.63, 3.8) is 0 Å².